The van der Waals surface area contributed by atoms with Crippen LogP contribution in [0.1, 0.15) is 33.6 Å². The molecule has 0 radical (unpaired) electrons. The highest BCUT2D eigenvalue weighted by molar-refractivity contribution is 5.84. The van der Waals surface area contributed by atoms with Crippen molar-refractivity contribution in [2.45, 2.75) is 51.2 Å². The van der Waals surface area contributed by atoms with E-state index in [-0.39, 0.29) is 5.91 Å². The van der Waals surface area contributed by atoms with Crippen LogP contribution in [0.15, 0.2) is 0 Å². The number of likely N-dealkylation sites (N-methyl/N-ethyl adjacent to an activating group) is 2. The molecule has 0 saturated heterocycles. The van der Waals surface area contributed by atoms with Crippen molar-refractivity contribution in [3.8, 4) is 0 Å². The Bertz CT molecular complexity index is 304. The van der Waals surface area contributed by atoms with Crippen LogP contribution < -0.4 is 11.1 Å². The first-order valence-corrected chi connectivity index (χ1v) is 7.25. The Balaban J connectivity index is 2.65. The molecule has 19 heavy (non-hydrogen) atoms. The van der Waals surface area contributed by atoms with Gasteiger partial charge in [0, 0.05) is 25.2 Å². The monoisotopic (exact) mass is 270 g/mol. The van der Waals surface area contributed by atoms with Crippen molar-refractivity contribution in [3.63, 3.8) is 0 Å². The standard InChI is InChI=1S/C14H30N4O/c1-6-18(11(2)9-17(4)5)10-14(3,13(15)19)16-12-7-8-12/h11-12,16H,6-10H2,1-5H3,(H2,15,19). The number of carbonyl (C=O) groups excluding carboxylic acids is 1. The van der Waals surface area contributed by atoms with Gasteiger partial charge in [-0.25, -0.2) is 0 Å². The molecule has 5 heteroatoms. The van der Waals surface area contributed by atoms with Gasteiger partial charge in [0.1, 0.15) is 5.54 Å². The number of nitrogens with zero attached hydrogens (tertiary/aromatic N) is 2. The summed E-state index contributed by atoms with van der Waals surface area (Å²) in [5.74, 6) is -0.255. The molecular weight excluding hydrogens is 240 g/mol. The number of carbonyl (C=O) groups is 1. The fraction of sp³-hybridized carbons (Fsp3) is 0.929. The number of rotatable bonds is 9. The summed E-state index contributed by atoms with van der Waals surface area (Å²) in [5, 5.41) is 3.41. The van der Waals surface area contributed by atoms with Crippen LogP contribution in [0.2, 0.25) is 0 Å². The van der Waals surface area contributed by atoms with E-state index in [0.717, 1.165) is 25.9 Å². The highest BCUT2D eigenvalue weighted by Gasteiger charge is 2.38. The Kier molecular flexibility index (Phi) is 5.77. The third-order valence-corrected chi connectivity index (χ3v) is 3.82. The maximum absolute atomic E-state index is 11.8. The van der Waals surface area contributed by atoms with Crippen LogP contribution in [-0.2, 0) is 4.79 Å². The topological polar surface area (TPSA) is 61.6 Å². The second-order valence-corrected chi connectivity index (χ2v) is 6.29. The molecule has 2 unspecified atom stereocenters. The van der Waals surface area contributed by atoms with Gasteiger partial charge in [-0.2, -0.15) is 0 Å². The Morgan fingerprint density at radius 3 is 2.42 bits per heavy atom. The van der Waals surface area contributed by atoms with Crippen molar-refractivity contribution in [2.75, 3.05) is 33.7 Å². The van der Waals surface area contributed by atoms with E-state index >= 15 is 0 Å². The van der Waals surface area contributed by atoms with Gasteiger partial charge in [-0.15, -0.1) is 0 Å². The molecular formula is C14H30N4O. The van der Waals surface area contributed by atoms with Crippen LogP contribution in [0, 0.1) is 0 Å². The predicted molar refractivity (Wildman–Crippen MR) is 79.0 cm³/mol. The first kappa shape index (κ1) is 16.4. The highest BCUT2D eigenvalue weighted by atomic mass is 16.1. The van der Waals surface area contributed by atoms with Crippen LogP contribution >= 0.6 is 0 Å². The van der Waals surface area contributed by atoms with Crippen molar-refractivity contribution in [3.05, 3.63) is 0 Å². The maximum Gasteiger partial charge on any atom is 0.238 e. The van der Waals surface area contributed by atoms with Crippen molar-refractivity contribution in [2.24, 2.45) is 5.73 Å². The molecule has 0 spiro atoms. The van der Waals surface area contributed by atoms with E-state index in [4.69, 9.17) is 5.73 Å². The number of primary amides is 1. The molecule has 0 heterocycles. The zero-order valence-electron chi connectivity index (χ0n) is 13.1. The Labute approximate surface area is 117 Å². The SMILES string of the molecule is CCN(CC(C)(NC1CC1)C(N)=O)C(C)CN(C)C. The molecule has 5 nitrogen and oxygen atoms in total. The molecule has 0 aromatic rings. The molecule has 1 amide bonds. The van der Waals surface area contributed by atoms with Gasteiger partial charge in [0.05, 0.1) is 0 Å². The van der Waals surface area contributed by atoms with E-state index in [1.807, 2.05) is 6.92 Å². The van der Waals surface area contributed by atoms with Crippen molar-refractivity contribution < 1.29 is 4.79 Å². The van der Waals surface area contributed by atoms with Crippen LogP contribution in [0.3, 0.4) is 0 Å². The van der Waals surface area contributed by atoms with E-state index in [2.05, 4.69) is 43.1 Å². The van der Waals surface area contributed by atoms with E-state index in [1.165, 1.54) is 0 Å². The number of hydrogen-bond acceptors (Lipinski definition) is 4. The molecule has 0 aromatic carbocycles. The normalized spacial score (nSPS) is 20.6. The van der Waals surface area contributed by atoms with Gasteiger partial charge in [-0.1, -0.05) is 6.92 Å². The summed E-state index contributed by atoms with van der Waals surface area (Å²) >= 11 is 0. The van der Waals surface area contributed by atoms with Crippen LogP contribution in [-0.4, -0.2) is 67.1 Å². The first-order valence-electron chi connectivity index (χ1n) is 7.25. The fourth-order valence-electron chi connectivity index (χ4n) is 2.50. The lowest BCUT2D eigenvalue weighted by atomic mass is 9.99. The Morgan fingerprint density at radius 1 is 1.47 bits per heavy atom. The van der Waals surface area contributed by atoms with Crippen molar-refractivity contribution in [1.82, 2.24) is 15.1 Å². The van der Waals surface area contributed by atoms with E-state index in [9.17, 15) is 4.79 Å². The largest absolute Gasteiger partial charge is 0.368 e. The summed E-state index contributed by atoms with van der Waals surface area (Å²) in [4.78, 5) is 16.3. The minimum absolute atomic E-state index is 0.255. The third kappa shape index (κ3) is 5.09. The highest BCUT2D eigenvalue weighted by Crippen LogP contribution is 2.23. The number of nitrogens with one attached hydrogen (secondary N) is 1. The predicted octanol–water partition coefficient (Wildman–Crippen LogP) is 0.254. The van der Waals surface area contributed by atoms with Crippen molar-refractivity contribution >= 4 is 5.91 Å². The maximum atomic E-state index is 11.8. The molecule has 0 aliphatic heterocycles. The second-order valence-electron chi connectivity index (χ2n) is 6.29. The molecule has 1 aliphatic rings. The molecule has 1 aliphatic carbocycles. The lowest BCUT2D eigenvalue weighted by Crippen LogP contribution is -2.61. The number of hydrogen-bond donors (Lipinski definition) is 2. The molecule has 1 fully saturated rings. The Morgan fingerprint density at radius 2 is 2.05 bits per heavy atom. The number of nitrogens with two attached hydrogens (primary N) is 1. The lowest BCUT2D eigenvalue weighted by Gasteiger charge is -2.37. The molecule has 3 N–H and O–H groups in total. The van der Waals surface area contributed by atoms with Gasteiger partial charge in [-0.05, 0) is 47.3 Å². The third-order valence-electron chi connectivity index (χ3n) is 3.82. The van der Waals surface area contributed by atoms with Gasteiger partial charge in [0.15, 0.2) is 0 Å². The fourth-order valence-corrected chi connectivity index (χ4v) is 2.50. The Hall–Kier alpha value is -0.650. The van der Waals surface area contributed by atoms with Crippen LogP contribution in [0.25, 0.3) is 0 Å². The summed E-state index contributed by atoms with van der Waals surface area (Å²) in [6.45, 7) is 8.83. The molecule has 112 valence electrons. The smallest absolute Gasteiger partial charge is 0.238 e. The molecule has 2 atom stereocenters. The minimum Gasteiger partial charge on any atom is -0.368 e. The first-order chi connectivity index (χ1) is 8.78. The zero-order valence-corrected chi connectivity index (χ0v) is 13.1. The summed E-state index contributed by atoms with van der Waals surface area (Å²) < 4.78 is 0. The average Bonchev–Trinajstić information content (AvgIpc) is 3.08. The van der Waals surface area contributed by atoms with E-state index in [0.29, 0.717) is 18.6 Å². The summed E-state index contributed by atoms with van der Waals surface area (Å²) in [5.41, 5.74) is 4.99. The molecule has 1 rings (SSSR count). The van der Waals surface area contributed by atoms with E-state index < -0.39 is 5.54 Å². The van der Waals surface area contributed by atoms with Crippen LogP contribution in [0.4, 0.5) is 0 Å². The van der Waals surface area contributed by atoms with Gasteiger partial charge < -0.3 is 10.6 Å². The molecule has 0 bridgehead atoms. The second kappa shape index (κ2) is 6.68. The molecule has 0 aromatic heterocycles. The van der Waals surface area contributed by atoms with Gasteiger partial charge in [0.2, 0.25) is 5.91 Å². The minimum atomic E-state index is -0.627. The molecule has 1 saturated carbocycles. The van der Waals surface area contributed by atoms with Gasteiger partial charge in [0.25, 0.3) is 0 Å². The average molecular weight is 270 g/mol. The van der Waals surface area contributed by atoms with E-state index in [1.54, 1.807) is 0 Å². The van der Waals surface area contributed by atoms with Gasteiger partial charge >= 0.3 is 0 Å². The van der Waals surface area contributed by atoms with Crippen molar-refractivity contribution in [1.29, 1.82) is 0 Å². The quantitative estimate of drug-likeness (QED) is 0.631. The number of amides is 1. The summed E-state index contributed by atoms with van der Waals surface area (Å²) in [7, 11) is 4.14. The lowest BCUT2D eigenvalue weighted by molar-refractivity contribution is -0.125. The zero-order chi connectivity index (χ0) is 14.6. The van der Waals surface area contributed by atoms with Crippen LogP contribution in [0.5, 0.6) is 0 Å². The summed E-state index contributed by atoms with van der Waals surface area (Å²) in [6, 6.07) is 0.875. The summed E-state index contributed by atoms with van der Waals surface area (Å²) in [6.07, 6.45) is 2.31. The van der Waals surface area contributed by atoms with Gasteiger partial charge in [-0.3, -0.25) is 15.0 Å².